The van der Waals surface area contributed by atoms with Gasteiger partial charge in [0.15, 0.2) is 5.78 Å². The first-order valence-corrected chi connectivity index (χ1v) is 12.2. The predicted octanol–water partition coefficient (Wildman–Crippen LogP) is 5.46. The van der Waals surface area contributed by atoms with Gasteiger partial charge in [-0.3, -0.25) is 14.6 Å². The monoisotopic (exact) mass is 503 g/mol. The molecule has 1 N–H and O–H groups in total. The van der Waals surface area contributed by atoms with E-state index in [1.54, 1.807) is 38.8 Å². The highest BCUT2D eigenvalue weighted by Crippen LogP contribution is 2.35. The minimum atomic E-state index is -0.275. The third kappa shape index (κ3) is 3.87. The zero-order valence-corrected chi connectivity index (χ0v) is 21.2. The highest BCUT2D eigenvalue weighted by Gasteiger charge is 2.27. The number of hydrogen-bond donors (Lipinski definition) is 1. The lowest BCUT2D eigenvalue weighted by Gasteiger charge is -2.12. The molecule has 38 heavy (non-hydrogen) atoms. The molecule has 188 valence electrons. The number of nitrogens with zero attached hydrogens (tertiary/aromatic N) is 4. The number of carbonyl (C=O) groups is 2. The van der Waals surface area contributed by atoms with Crippen molar-refractivity contribution >= 4 is 33.6 Å². The summed E-state index contributed by atoms with van der Waals surface area (Å²) in [5.41, 5.74) is 5.41. The summed E-state index contributed by atoms with van der Waals surface area (Å²) in [6, 6.07) is 18.7. The Morgan fingerprint density at radius 2 is 1.84 bits per heavy atom. The summed E-state index contributed by atoms with van der Waals surface area (Å²) in [5, 5.41) is 0.663. The second kappa shape index (κ2) is 9.15. The quantitative estimate of drug-likeness (QED) is 0.304. The van der Waals surface area contributed by atoms with Crippen molar-refractivity contribution in [1.29, 1.82) is 0 Å². The molecule has 6 rings (SSSR count). The van der Waals surface area contributed by atoms with Crippen LogP contribution in [-0.2, 0) is 6.54 Å². The van der Waals surface area contributed by atoms with E-state index in [9.17, 15) is 9.59 Å². The zero-order chi connectivity index (χ0) is 26.4. The Labute approximate surface area is 218 Å². The molecule has 1 amide bonds. The third-order valence-corrected chi connectivity index (χ3v) is 6.76. The van der Waals surface area contributed by atoms with Crippen molar-refractivity contribution < 1.29 is 14.0 Å². The molecule has 0 aliphatic heterocycles. The molecule has 0 aliphatic carbocycles. The number of nitrogens with one attached hydrogen (secondary N) is 1. The number of furan rings is 1. The summed E-state index contributed by atoms with van der Waals surface area (Å²) in [6.07, 6.45) is 5.10. The van der Waals surface area contributed by atoms with Crippen molar-refractivity contribution in [2.45, 2.75) is 13.5 Å². The highest BCUT2D eigenvalue weighted by molar-refractivity contribution is 6.24. The second-order valence-corrected chi connectivity index (χ2v) is 9.42. The van der Waals surface area contributed by atoms with Crippen LogP contribution in [0.15, 0.2) is 83.7 Å². The maximum absolute atomic E-state index is 14.0. The first-order valence-electron chi connectivity index (χ1n) is 12.2. The van der Waals surface area contributed by atoms with Gasteiger partial charge < -0.3 is 18.9 Å². The number of aryl methyl sites for hydroxylation is 1. The van der Waals surface area contributed by atoms with E-state index in [2.05, 4.69) is 19.5 Å². The molecule has 0 aliphatic rings. The summed E-state index contributed by atoms with van der Waals surface area (Å²) < 4.78 is 7.78. The number of hydrogen-bond acceptors (Lipinski definition) is 5. The molecule has 4 heterocycles. The van der Waals surface area contributed by atoms with Crippen LogP contribution in [0.4, 0.5) is 0 Å². The SMILES string of the molecule is Cc1nc2cnccc2n1Cc1ccc(C(=O)c2c(C(=O)N(C)C)[nH]c3cccc(-c4ccco4)c23)cc1. The first-order chi connectivity index (χ1) is 18.4. The van der Waals surface area contributed by atoms with E-state index in [1.807, 2.05) is 61.5 Å². The maximum Gasteiger partial charge on any atom is 0.270 e. The van der Waals surface area contributed by atoms with Crippen LogP contribution in [0.5, 0.6) is 0 Å². The summed E-state index contributed by atoms with van der Waals surface area (Å²) in [6.45, 7) is 2.58. The average Bonchev–Trinajstić information content (AvgIpc) is 3.66. The van der Waals surface area contributed by atoms with Crippen molar-refractivity contribution in [3.63, 3.8) is 0 Å². The van der Waals surface area contributed by atoms with Crippen molar-refractivity contribution in [3.05, 3.63) is 108 Å². The van der Waals surface area contributed by atoms with E-state index in [4.69, 9.17) is 4.42 Å². The lowest BCUT2D eigenvalue weighted by Crippen LogP contribution is -2.24. The van der Waals surface area contributed by atoms with Gasteiger partial charge in [-0.1, -0.05) is 36.4 Å². The van der Waals surface area contributed by atoms with E-state index in [0.29, 0.717) is 34.3 Å². The molecule has 8 heteroatoms. The number of ketones is 1. The fourth-order valence-corrected chi connectivity index (χ4v) is 4.89. The number of amides is 1. The van der Waals surface area contributed by atoms with Gasteiger partial charge in [-0.05, 0) is 36.8 Å². The molecular weight excluding hydrogens is 478 g/mol. The highest BCUT2D eigenvalue weighted by atomic mass is 16.3. The molecule has 0 bridgehead atoms. The Morgan fingerprint density at radius 3 is 2.58 bits per heavy atom. The van der Waals surface area contributed by atoms with Crippen LogP contribution >= 0.6 is 0 Å². The van der Waals surface area contributed by atoms with Crippen LogP contribution in [0.3, 0.4) is 0 Å². The molecule has 6 aromatic rings. The van der Waals surface area contributed by atoms with Crippen molar-refractivity contribution in [2.24, 2.45) is 0 Å². The van der Waals surface area contributed by atoms with Crippen molar-refractivity contribution in [1.82, 2.24) is 24.4 Å². The van der Waals surface area contributed by atoms with Gasteiger partial charge in [0.25, 0.3) is 5.91 Å². The number of carbonyl (C=O) groups excluding carboxylic acids is 2. The maximum atomic E-state index is 14.0. The fraction of sp³-hybridized carbons (Fsp3) is 0.133. The summed E-state index contributed by atoms with van der Waals surface area (Å²) >= 11 is 0. The molecule has 0 radical (unpaired) electrons. The largest absolute Gasteiger partial charge is 0.464 e. The Hall–Kier alpha value is -4.98. The predicted molar refractivity (Wildman–Crippen MR) is 145 cm³/mol. The van der Waals surface area contributed by atoms with Crippen LogP contribution in [0.2, 0.25) is 0 Å². The van der Waals surface area contributed by atoms with E-state index >= 15 is 0 Å². The molecule has 0 fully saturated rings. The second-order valence-electron chi connectivity index (χ2n) is 9.42. The molecule has 0 saturated carbocycles. The van der Waals surface area contributed by atoms with E-state index in [-0.39, 0.29) is 17.4 Å². The average molecular weight is 504 g/mol. The molecular formula is C30H25N5O3. The first kappa shape index (κ1) is 23.4. The topological polar surface area (TPSA) is 97.0 Å². The van der Waals surface area contributed by atoms with Gasteiger partial charge in [0.1, 0.15) is 22.8 Å². The van der Waals surface area contributed by atoms with E-state index in [1.165, 1.54) is 4.90 Å². The molecule has 2 aromatic carbocycles. The van der Waals surface area contributed by atoms with Gasteiger partial charge in [-0.15, -0.1) is 0 Å². The number of rotatable bonds is 6. The summed E-state index contributed by atoms with van der Waals surface area (Å²) in [4.78, 5) is 40.5. The fourth-order valence-electron chi connectivity index (χ4n) is 4.89. The normalized spacial score (nSPS) is 11.3. The van der Waals surface area contributed by atoms with Crippen molar-refractivity contribution in [2.75, 3.05) is 14.1 Å². The zero-order valence-electron chi connectivity index (χ0n) is 21.2. The number of imidazole rings is 1. The van der Waals surface area contributed by atoms with Crippen LogP contribution < -0.4 is 0 Å². The molecule has 0 unspecified atom stereocenters. The minimum Gasteiger partial charge on any atom is -0.464 e. The number of H-pyrrole nitrogens is 1. The van der Waals surface area contributed by atoms with Crippen molar-refractivity contribution in [3.8, 4) is 11.3 Å². The molecule has 8 nitrogen and oxygen atoms in total. The van der Waals surface area contributed by atoms with Gasteiger partial charge in [-0.25, -0.2) is 4.98 Å². The number of aromatic nitrogens is 4. The van der Waals surface area contributed by atoms with Crippen LogP contribution in [-0.4, -0.2) is 50.2 Å². The summed E-state index contributed by atoms with van der Waals surface area (Å²) in [7, 11) is 3.34. The number of aromatic amines is 1. The Balaban J connectivity index is 1.42. The molecule has 0 spiro atoms. The molecule has 4 aromatic heterocycles. The van der Waals surface area contributed by atoms with Gasteiger partial charge in [0.05, 0.1) is 23.5 Å². The minimum absolute atomic E-state index is 0.234. The Morgan fingerprint density at radius 1 is 1.03 bits per heavy atom. The smallest absolute Gasteiger partial charge is 0.270 e. The number of benzene rings is 2. The van der Waals surface area contributed by atoms with Gasteiger partial charge in [0, 0.05) is 48.9 Å². The number of fused-ring (bicyclic) bond motifs is 2. The lowest BCUT2D eigenvalue weighted by atomic mass is 9.95. The van der Waals surface area contributed by atoms with E-state index < -0.39 is 0 Å². The Kier molecular flexibility index (Phi) is 5.64. The van der Waals surface area contributed by atoms with Crippen LogP contribution in [0.25, 0.3) is 33.3 Å². The Bertz CT molecular complexity index is 1810. The molecule has 0 saturated heterocycles. The van der Waals surface area contributed by atoms with Gasteiger partial charge in [0.2, 0.25) is 0 Å². The lowest BCUT2D eigenvalue weighted by molar-refractivity contribution is 0.0817. The standard InChI is InChI=1S/C30H25N5O3/c1-18-32-23-16-31-14-13-24(23)35(18)17-19-9-11-20(12-10-19)29(36)27-26-21(25-8-5-15-38-25)6-4-7-22(26)33-28(27)30(37)34(2)3/h4-16,33H,17H2,1-3H3. The van der Waals surface area contributed by atoms with Crippen LogP contribution in [0, 0.1) is 6.92 Å². The molecule has 0 atom stereocenters. The number of pyridine rings is 1. The van der Waals surface area contributed by atoms with Gasteiger partial charge >= 0.3 is 0 Å². The summed E-state index contributed by atoms with van der Waals surface area (Å²) in [5.74, 6) is 1.01. The van der Waals surface area contributed by atoms with Gasteiger partial charge in [-0.2, -0.15) is 0 Å². The van der Waals surface area contributed by atoms with Crippen LogP contribution in [0.1, 0.15) is 37.8 Å². The third-order valence-electron chi connectivity index (χ3n) is 6.76. The van der Waals surface area contributed by atoms with E-state index in [0.717, 1.165) is 28.0 Å².